The molecule has 1 rings (SSSR count). The van der Waals surface area contributed by atoms with Crippen molar-refractivity contribution in [1.82, 2.24) is 9.80 Å². The molecule has 0 radical (unpaired) electrons. The van der Waals surface area contributed by atoms with E-state index in [0.29, 0.717) is 58.0 Å². The normalized spacial score (nSPS) is 21.3. The van der Waals surface area contributed by atoms with Crippen LogP contribution in [-0.4, -0.2) is 85.3 Å². The Bertz CT molecular complexity index is 495. The average molecular weight is 423 g/mol. The summed E-state index contributed by atoms with van der Waals surface area (Å²) in [6.07, 6.45) is 1.60. The van der Waals surface area contributed by atoms with Crippen LogP contribution in [0.25, 0.3) is 0 Å². The Labute approximate surface area is 170 Å². The molecule has 0 aromatic rings. The van der Waals surface area contributed by atoms with E-state index in [1.54, 1.807) is 11.8 Å². The maximum absolute atomic E-state index is 12.7. The Morgan fingerprint density at radius 1 is 1.11 bits per heavy atom. The number of nitrogens with zero attached hydrogens (tertiary/aromatic N) is 2. The lowest BCUT2D eigenvalue weighted by Crippen LogP contribution is -2.61. The van der Waals surface area contributed by atoms with Gasteiger partial charge in [0.1, 0.15) is 0 Å². The van der Waals surface area contributed by atoms with Crippen molar-refractivity contribution in [3.05, 3.63) is 0 Å². The highest BCUT2D eigenvalue weighted by atomic mass is 31.2. The molecular weight excluding hydrogens is 383 g/mol. The van der Waals surface area contributed by atoms with Crippen LogP contribution in [0.4, 0.5) is 4.79 Å². The molecule has 1 aliphatic rings. The second kappa shape index (κ2) is 12.8. The molecule has 1 fully saturated rings. The van der Waals surface area contributed by atoms with Crippen LogP contribution in [0.5, 0.6) is 0 Å². The molecule has 0 bridgehead atoms. The summed E-state index contributed by atoms with van der Waals surface area (Å²) in [6.45, 7) is 12.4. The van der Waals surface area contributed by atoms with E-state index < -0.39 is 7.60 Å². The first-order valence-corrected chi connectivity index (χ1v) is 12.2. The Kier molecular flexibility index (Phi) is 11.6. The van der Waals surface area contributed by atoms with E-state index in [1.165, 1.54) is 0 Å². The lowest BCUT2D eigenvalue weighted by atomic mass is 9.97. The molecule has 1 aliphatic heterocycles. The summed E-state index contributed by atoms with van der Waals surface area (Å²) in [7, 11) is -3.05. The highest BCUT2D eigenvalue weighted by Gasteiger charge is 2.37. The van der Waals surface area contributed by atoms with Crippen molar-refractivity contribution in [2.24, 2.45) is 5.92 Å². The Morgan fingerprint density at radius 3 is 2.25 bits per heavy atom. The van der Waals surface area contributed by atoms with Crippen LogP contribution in [0.1, 0.15) is 47.5 Å². The number of hydrogen-bond donors (Lipinski definition) is 1. The van der Waals surface area contributed by atoms with Gasteiger partial charge in [-0.2, -0.15) is 0 Å². The summed E-state index contributed by atoms with van der Waals surface area (Å²) in [6, 6.07) is -0.126. The monoisotopic (exact) mass is 422 g/mol. The summed E-state index contributed by atoms with van der Waals surface area (Å²) in [5.41, 5.74) is 0. The van der Waals surface area contributed by atoms with Crippen LogP contribution in [-0.2, 0) is 18.3 Å². The molecule has 0 aromatic heterocycles. The third-order valence-electron chi connectivity index (χ3n) is 4.80. The van der Waals surface area contributed by atoms with E-state index in [0.717, 1.165) is 6.42 Å². The van der Waals surface area contributed by atoms with Crippen LogP contribution in [0.2, 0.25) is 0 Å². The summed E-state index contributed by atoms with van der Waals surface area (Å²) >= 11 is 0. The van der Waals surface area contributed by atoms with Gasteiger partial charge in [0.25, 0.3) is 0 Å². The number of hydrogen-bond acceptors (Lipinski definition) is 7. The molecule has 2 atom stereocenters. The minimum atomic E-state index is -3.05. The first-order chi connectivity index (χ1) is 13.3. The molecule has 1 amide bonds. The van der Waals surface area contributed by atoms with Gasteiger partial charge in [-0.1, -0.05) is 13.8 Å². The molecule has 9 heteroatoms. The van der Waals surface area contributed by atoms with Crippen LogP contribution in [0.3, 0.4) is 0 Å². The topological polar surface area (TPSA) is 88.5 Å². The van der Waals surface area contributed by atoms with Crippen molar-refractivity contribution in [2.75, 3.05) is 52.2 Å². The summed E-state index contributed by atoms with van der Waals surface area (Å²) in [5, 5.41) is 9.80. The molecule has 8 nitrogen and oxygen atoms in total. The first kappa shape index (κ1) is 25.4. The quantitative estimate of drug-likeness (QED) is 0.483. The largest absolute Gasteiger partial charge is 0.450 e. The minimum absolute atomic E-state index is 0.111. The number of aliphatic hydroxyl groups is 1. The van der Waals surface area contributed by atoms with Gasteiger partial charge in [-0.25, -0.2) is 4.79 Å². The predicted octanol–water partition coefficient (Wildman–Crippen LogP) is 3.19. The van der Waals surface area contributed by atoms with Gasteiger partial charge in [0.15, 0.2) is 0 Å². The molecule has 0 aliphatic carbocycles. The fourth-order valence-electron chi connectivity index (χ4n) is 3.67. The average Bonchev–Trinajstić information content (AvgIpc) is 2.62. The molecule has 28 heavy (non-hydrogen) atoms. The molecule has 0 saturated carbocycles. The van der Waals surface area contributed by atoms with E-state index in [4.69, 9.17) is 13.8 Å². The van der Waals surface area contributed by atoms with E-state index in [1.807, 2.05) is 13.8 Å². The van der Waals surface area contributed by atoms with Gasteiger partial charge in [-0.3, -0.25) is 9.46 Å². The number of amides is 1. The number of carbonyl (C=O) groups excluding carboxylic acids is 1. The number of carbonyl (C=O) groups is 1. The highest BCUT2D eigenvalue weighted by Crippen LogP contribution is 2.48. The van der Waals surface area contributed by atoms with Gasteiger partial charge in [0, 0.05) is 19.1 Å². The SMILES string of the molecule is CCOC(=O)N1C[C@H](CC(C)C)N(CCCP(=O)(OCC)OCC)C[C@@H]1CO. The smallest absolute Gasteiger partial charge is 0.410 e. The summed E-state index contributed by atoms with van der Waals surface area (Å²) < 4.78 is 28.6. The zero-order valence-corrected chi connectivity index (χ0v) is 19.0. The predicted molar refractivity (Wildman–Crippen MR) is 110 cm³/mol. The van der Waals surface area contributed by atoms with Crippen molar-refractivity contribution in [1.29, 1.82) is 0 Å². The van der Waals surface area contributed by atoms with Gasteiger partial charge in [-0.15, -0.1) is 0 Å². The maximum Gasteiger partial charge on any atom is 0.410 e. The molecule has 1 saturated heterocycles. The second-order valence-corrected chi connectivity index (χ2v) is 9.68. The van der Waals surface area contributed by atoms with Crippen molar-refractivity contribution in [3.63, 3.8) is 0 Å². The van der Waals surface area contributed by atoms with Gasteiger partial charge in [0.2, 0.25) is 0 Å². The van der Waals surface area contributed by atoms with Crippen molar-refractivity contribution >= 4 is 13.7 Å². The Balaban J connectivity index is 2.78. The van der Waals surface area contributed by atoms with Crippen molar-refractivity contribution in [3.8, 4) is 0 Å². The first-order valence-electron chi connectivity index (χ1n) is 10.5. The Morgan fingerprint density at radius 2 is 1.75 bits per heavy atom. The van der Waals surface area contributed by atoms with E-state index >= 15 is 0 Å². The van der Waals surface area contributed by atoms with Crippen LogP contribution >= 0.6 is 7.60 Å². The lowest BCUT2D eigenvalue weighted by Gasteiger charge is -2.46. The molecule has 166 valence electrons. The van der Waals surface area contributed by atoms with Gasteiger partial charge >= 0.3 is 13.7 Å². The molecule has 1 heterocycles. The minimum Gasteiger partial charge on any atom is -0.450 e. The maximum atomic E-state index is 12.7. The third kappa shape index (κ3) is 7.99. The fraction of sp³-hybridized carbons (Fsp3) is 0.947. The lowest BCUT2D eigenvalue weighted by molar-refractivity contribution is -0.00409. The van der Waals surface area contributed by atoms with Crippen molar-refractivity contribution in [2.45, 2.75) is 59.5 Å². The number of rotatable bonds is 12. The molecule has 1 N–H and O–H groups in total. The van der Waals surface area contributed by atoms with Crippen molar-refractivity contribution < 1.29 is 28.3 Å². The highest BCUT2D eigenvalue weighted by molar-refractivity contribution is 7.53. The standard InChI is InChI=1S/C19H39N2O6P/c1-6-25-19(23)21-14-17(12-16(4)5)20(13-18(21)15-22)10-9-11-28(24,26-7-2)27-8-3/h16-18,22H,6-15H2,1-5H3/t17-,18+/m0/s1. The third-order valence-corrected chi connectivity index (χ3v) is 6.96. The summed E-state index contributed by atoms with van der Waals surface area (Å²) in [4.78, 5) is 16.2. The van der Waals surface area contributed by atoms with Gasteiger partial charge < -0.3 is 23.8 Å². The van der Waals surface area contributed by atoms with E-state index in [-0.39, 0.29) is 24.8 Å². The van der Waals surface area contributed by atoms with Crippen LogP contribution in [0, 0.1) is 5.92 Å². The summed E-state index contributed by atoms with van der Waals surface area (Å²) in [5.74, 6) is 0.472. The van der Waals surface area contributed by atoms with E-state index in [9.17, 15) is 14.5 Å². The molecular formula is C19H39N2O6P. The molecule has 0 spiro atoms. The zero-order chi connectivity index (χ0) is 21.2. The number of ether oxygens (including phenoxy) is 1. The zero-order valence-electron chi connectivity index (χ0n) is 18.1. The van der Waals surface area contributed by atoms with Crippen LogP contribution < -0.4 is 0 Å². The number of piperazine rings is 1. The second-order valence-electron chi connectivity index (χ2n) is 7.49. The van der Waals surface area contributed by atoms with Crippen LogP contribution in [0.15, 0.2) is 0 Å². The molecule has 0 unspecified atom stereocenters. The van der Waals surface area contributed by atoms with Gasteiger partial charge in [0.05, 0.1) is 38.6 Å². The van der Waals surface area contributed by atoms with Gasteiger partial charge in [-0.05, 0) is 46.1 Å². The van der Waals surface area contributed by atoms with E-state index in [2.05, 4.69) is 18.7 Å². The number of aliphatic hydroxyl groups excluding tert-OH is 1. The Hall–Kier alpha value is -0.660. The fourth-order valence-corrected chi connectivity index (χ4v) is 5.31. The molecule has 0 aromatic carbocycles.